The first-order chi connectivity index (χ1) is 3.66. The Bertz CT molecular complexity index is 160. The van der Waals surface area contributed by atoms with Gasteiger partial charge in [0.15, 0.2) is 0 Å². The van der Waals surface area contributed by atoms with Crippen molar-refractivity contribution < 1.29 is 9.37 Å². The van der Waals surface area contributed by atoms with Gasteiger partial charge < -0.3 is 0 Å². The number of ketones is 1. The van der Waals surface area contributed by atoms with Gasteiger partial charge in [-0.05, 0) is 0 Å². The van der Waals surface area contributed by atoms with Crippen LogP contribution in [0.3, 0.4) is 0 Å². The second-order valence-electron chi connectivity index (χ2n) is 1.57. The quantitative estimate of drug-likeness (QED) is 0.258. The molecule has 0 saturated carbocycles. The standard InChI is InChI=1S/C5H7N2O/c1-7(2)4-5(8)3-6/h4H,1-2H3/q+1. The summed E-state index contributed by atoms with van der Waals surface area (Å²) in [5.41, 5.74) is 0. The van der Waals surface area contributed by atoms with Gasteiger partial charge in [0.25, 0.3) is 0 Å². The maximum Gasteiger partial charge on any atom is 0.317 e. The van der Waals surface area contributed by atoms with Gasteiger partial charge in [-0.15, -0.1) is 0 Å². The SMILES string of the molecule is C[N+](C)=CC(=O)C#N. The average Bonchev–Trinajstić information content (AvgIpc) is 1.65. The number of carbonyl (C=O) groups excluding carboxylic acids is 1. The molecule has 0 aromatic carbocycles. The van der Waals surface area contributed by atoms with Crippen LogP contribution >= 0.6 is 0 Å². The lowest BCUT2D eigenvalue weighted by atomic mass is 10.5. The molecular formula is C5H7N2O+. The second-order valence-corrected chi connectivity index (χ2v) is 1.57. The van der Waals surface area contributed by atoms with Crippen molar-refractivity contribution in [2.75, 3.05) is 14.1 Å². The number of nitrogens with zero attached hydrogens (tertiary/aromatic N) is 2. The topological polar surface area (TPSA) is 43.9 Å². The molecule has 0 radical (unpaired) electrons. The van der Waals surface area contributed by atoms with E-state index >= 15 is 0 Å². The van der Waals surface area contributed by atoms with E-state index in [1.165, 1.54) is 16.9 Å². The average molecular weight is 111 g/mol. The smallest absolute Gasteiger partial charge is 0.271 e. The predicted molar refractivity (Wildman–Crippen MR) is 28.8 cm³/mol. The Balaban J connectivity index is 3.95. The summed E-state index contributed by atoms with van der Waals surface area (Å²) in [5, 5.41) is 7.93. The first kappa shape index (κ1) is 6.83. The van der Waals surface area contributed by atoms with Crippen LogP contribution < -0.4 is 0 Å². The van der Waals surface area contributed by atoms with Crippen molar-refractivity contribution in [3.8, 4) is 6.07 Å². The summed E-state index contributed by atoms with van der Waals surface area (Å²) in [4.78, 5) is 10.2. The predicted octanol–water partition coefficient (Wildman–Crippen LogP) is -0.578. The summed E-state index contributed by atoms with van der Waals surface area (Å²) >= 11 is 0. The van der Waals surface area contributed by atoms with Crippen molar-refractivity contribution in [1.82, 2.24) is 0 Å². The van der Waals surface area contributed by atoms with E-state index in [2.05, 4.69) is 0 Å². The number of rotatable bonds is 1. The van der Waals surface area contributed by atoms with E-state index in [-0.39, 0.29) is 0 Å². The molecule has 42 valence electrons. The summed E-state index contributed by atoms with van der Waals surface area (Å²) in [6.07, 6.45) is 1.22. The molecule has 0 aliphatic rings. The van der Waals surface area contributed by atoms with Crippen LogP contribution in [0, 0.1) is 11.3 Å². The highest BCUT2D eigenvalue weighted by molar-refractivity contribution is 6.33. The third-order valence-corrected chi connectivity index (χ3v) is 0.486. The van der Waals surface area contributed by atoms with E-state index in [1.54, 1.807) is 14.1 Å². The summed E-state index contributed by atoms with van der Waals surface area (Å²) in [6.45, 7) is 0. The van der Waals surface area contributed by atoms with Gasteiger partial charge in [-0.2, -0.15) is 5.26 Å². The van der Waals surface area contributed by atoms with Gasteiger partial charge in [-0.25, -0.2) is 4.58 Å². The first-order valence-electron chi connectivity index (χ1n) is 2.12. The highest BCUT2D eigenvalue weighted by Crippen LogP contribution is 1.58. The molecule has 0 rings (SSSR count). The van der Waals surface area contributed by atoms with E-state index in [1.807, 2.05) is 0 Å². The Morgan fingerprint density at radius 3 is 2.38 bits per heavy atom. The molecule has 3 heteroatoms. The third kappa shape index (κ3) is 3.04. The summed E-state index contributed by atoms with van der Waals surface area (Å²) < 4.78 is 1.53. The molecule has 0 heterocycles. The van der Waals surface area contributed by atoms with E-state index in [0.717, 1.165) is 0 Å². The molecule has 0 aliphatic heterocycles. The van der Waals surface area contributed by atoms with Crippen LogP contribution in [0.5, 0.6) is 0 Å². The van der Waals surface area contributed by atoms with Crippen LogP contribution in [-0.4, -0.2) is 30.7 Å². The van der Waals surface area contributed by atoms with Crippen LogP contribution in [-0.2, 0) is 4.79 Å². The molecule has 0 unspecified atom stereocenters. The Labute approximate surface area is 47.9 Å². The van der Waals surface area contributed by atoms with Crippen LogP contribution in [0.1, 0.15) is 0 Å². The number of carbonyl (C=O) groups is 1. The summed E-state index contributed by atoms with van der Waals surface area (Å²) in [7, 11) is 3.38. The zero-order chi connectivity index (χ0) is 6.57. The minimum absolute atomic E-state index is 0.519. The molecule has 0 saturated heterocycles. The number of Topliss-reactive ketones (excluding diaryl/α,β-unsaturated/α-hetero) is 1. The van der Waals surface area contributed by atoms with E-state index in [4.69, 9.17) is 5.26 Å². The zero-order valence-corrected chi connectivity index (χ0v) is 4.88. The van der Waals surface area contributed by atoms with Crippen molar-refractivity contribution in [2.45, 2.75) is 0 Å². The highest BCUT2D eigenvalue weighted by Gasteiger charge is 1.95. The van der Waals surface area contributed by atoms with Gasteiger partial charge in [0, 0.05) is 0 Å². The van der Waals surface area contributed by atoms with Crippen LogP contribution in [0.15, 0.2) is 0 Å². The van der Waals surface area contributed by atoms with Gasteiger partial charge in [-0.3, -0.25) is 4.79 Å². The number of hydrogen-bond donors (Lipinski definition) is 0. The lowest BCUT2D eigenvalue weighted by Gasteiger charge is -1.75. The molecule has 0 fully saturated rings. The summed E-state index contributed by atoms with van der Waals surface area (Å²) in [6, 6.07) is 1.46. The zero-order valence-electron chi connectivity index (χ0n) is 4.88. The molecule has 0 aliphatic carbocycles. The van der Waals surface area contributed by atoms with Crippen molar-refractivity contribution in [3.05, 3.63) is 0 Å². The van der Waals surface area contributed by atoms with Gasteiger partial charge in [0.1, 0.15) is 20.2 Å². The Morgan fingerprint density at radius 2 is 2.25 bits per heavy atom. The largest absolute Gasteiger partial charge is 0.317 e. The van der Waals surface area contributed by atoms with Crippen molar-refractivity contribution in [2.24, 2.45) is 0 Å². The van der Waals surface area contributed by atoms with Gasteiger partial charge in [0.2, 0.25) is 6.21 Å². The van der Waals surface area contributed by atoms with E-state index in [0.29, 0.717) is 0 Å². The fourth-order valence-electron chi connectivity index (χ4n) is 0.263. The van der Waals surface area contributed by atoms with Crippen molar-refractivity contribution in [1.29, 1.82) is 5.26 Å². The van der Waals surface area contributed by atoms with Gasteiger partial charge in [-0.1, -0.05) is 0 Å². The number of nitriles is 1. The van der Waals surface area contributed by atoms with Gasteiger partial charge in [0.05, 0.1) is 0 Å². The van der Waals surface area contributed by atoms with Gasteiger partial charge >= 0.3 is 5.78 Å². The van der Waals surface area contributed by atoms with E-state index in [9.17, 15) is 4.79 Å². The maximum absolute atomic E-state index is 10.2. The molecule has 0 amide bonds. The fourth-order valence-corrected chi connectivity index (χ4v) is 0.263. The number of hydrogen-bond acceptors (Lipinski definition) is 2. The molecule has 0 atom stereocenters. The van der Waals surface area contributed by atoms with Crippen LogP contribution in [0.4, 0.5) is 0 Å². The molecule has 0 bridgehead atoms. The minimum atomic E-state index is -0.519. The lowest BCUT2D eigenvalue weighted by molar-refractivity contribution is -0.458. The fraction of sp³-hybridized carbons (Fsp3) is 0.400. The molecule has 3 nitrogen and oxygen atoms in total. The monoisotopic (exact) mass is 111 g/mol. The second kappa shape index (κ2) is 2.92. The Morgan fingerprint density at radius 1 is 1.75 bits per heavy atom. The third-order valence-electron chi connectivity index (χ3n) is 0.486. The van der Waals surface area contributed by atoms with Crippen molar-refractivity contribution in [3.63, 3.8) is 0 Å². The molecule has 0 N–H and O–H groups in total. The van der Waals surface area contributed by atoms with Crippen molar-refractivity contribution >= 4 is 12.0 Å². The molecular weight excluding hydrogens is 104 g/mol. The normalized spacial score (nSPS) is 7.12. The van der Waals surface area contributed by atoms with Crippen LogP contribution in [0.2, 0.25) is 0 Å². The lowest BCUT2D eigenvalue weighted by Crippen LogP contribution is -2.06. The minimum Gasteiger partial charge on any atom is -0.271 e. The Hall–Kier alpha value is -1.17. The van der Waals surface area contributed by atoms with Crippen LogP contribution in [0.25, 0.3) is 0 Å². The molecule has 0 spiro atoms. The maximum atomic E-state index is 10.2. The molecule has 0 aromatic heterocycles. The first-order valence-corrected chi connectivity index (χ1v) is 2.12. The highest BCUT2D eigenvalue weighted by atomic mass is 16.1. The molecule has 0 aromatic rings. The van der Waals surface area contributed by atoms with E-state index < -0.39 is 5.78 Å². The molecule has 8 heavy (non-hydrogen) atoms. The Kier molecular flexibility index (Phi) is 2.49. The summed E-state index contributed by atoms with van der Waals surface area (Å²) in [5.74, 6) is -0.519.